The number of methoxy groups -OCH3 is 1. The van der Waals surface area contributed by atoms with Crippen molar-refractivity contribution in [1.82, 2.24) is 0 Å². The lowest BCUT2D eigenvalue weighted by Crippen LogP contribution is -2.60. The molecule has 10 heteroatoms. The molecule has 0 aliphatic carbocycles. The van der Waals surface area contributed by atoms with Gasteiger partial charge in [0.25, 0.3) is 0 Å². The summed E-state index contributed by atoms with van der Waals surface area (Å²) in [4.78, 5) is 0. The summed E-state index contributed by atoms with van der Waals surface area (Å²) in [6.07, 6.45) is -7.22. The van der Waals surface area contributed by atoms with Crippen molar-refractivity contribution < 1.29 is 49.3 Å². The fraction of sp³-hybridized carbons (Fsp3) is 0.333. The van der Waals surface area contributed by atoms with E-state index in [1.165, 1.54) is 31.4 Å². The predicted octanol–water partition coefficient (Wildman–Crippen LogP) is 0.698. The maximum atomic E-state index is 10.2. The molecule has 4 rings (SSSR count). The van der Waals surface area contributed by atoms with Gasteiger partial charge in [-0.15, -0.1) is 0 Å². The lowest BCUT2D eigenvalue weighted by molar-refractivity contribution is -0.277. The third-order valence-electron chi connectivity index (χ3n) is 5.09. The van der Waals surface area contributed by atoms with Crippen LogP contribution in [0.4, 0.5) is 0 Å². The molecule has 0 amide bonds. The second kappa shape index (κ2) is 8.25. The average Bonchev–Trinajstić information content (AvgIpc) is 3.16. The van der Waals surface area contributed by atoms with Crippen LogP contribution < -0.4 is 9.47 Å². The normalized spacial score (nSPS) is 26.2. The molecule has 0 radical (unpaired) electrons. The van der Waals surface area contributed by atoms with Gasteiger partial charge in [0.2, 0.25) is 6.29 Å². The second-order valence-electron chi connectivity index (χ2n) is 7.20. The Morgan fingerprint density at radius 2 is 1.71 bits per heavy atom. The van der Waals surface area contributed by atoms with Crippen molar-refractivity contribution in [3.63, 3.8) is 0 Å². The van der Waals surface area contributed by atoms with E-state index < -0.39 is 37.3 Å². The Morgan fingerprint density at radius 3 is 2.42 bits per heavy atom. The van der Waals surface area contributed by atoms with Crippen LogP contribution in [0.15, 0.2) is 40.8 Å². The molecule has 2 aromatic carbocycles. The van der Waals surface area contributed by atoms with Gasteiger partial charge in [0.15, 0.2) is 11.5 Å². The molecular formula is C21H22O10. The summed E-state index contributed by atoms with van der Waals surface area (Å²) in [5.41, 5.74) is 0.822. The lowest BCUT2D eigenvalue weighted by atomic mass is 9.99. The van der Waals surface area contributed by atoms with Crippen molar-refractivity contribution in [3.8, 4) is 34.3 Å². The van der Waals surface area contributed by atoms with Crippen molar-refractivity contribution in [2.24, 2.45) is 0 Å². The van der Waals surface area contributed by atoms with Gasteiger partial charge in [0.1, 0.15) is 47.3 Å². The molecule has 0 spiro atoms. The van der Waals surface area contributed by atoms with E-state index in [4.69, 9.17) is 18.6 Å². The van der Waals surface area contributed by atoms with Gasteiger partial charge in [0.05, 0.1) is 13.7 Å². The third-order valence-corrected chi connectivity index (χ3v) is 5.09. The molecule has 1 aliphatic rings. The molecule has 0 unspecified atom stereocenters. The van der Waals surface area contributed by atoms with Crippen LogP contribution in [0.2, 0.25) is 0 Å². The minimum Gasteiger partial charge on any atom is -0.508 e. The van der Waals surface area contributed by atoms with Crippen LogP contribution in [0.3, 0.4) is 0 Å². The van der Waals surface area contributed by atoms with E-state index in [0.717, 1.165) is 0 Å². The first kappa shape index (κ1) is 21.2. The Labute approximate surface area is 176 Å². The highest BCUT2D eigenvalue weighted by Gasteiger charge is 2.44. The molecule has 5 atom stereocenters. The number of phenols is 2. The molecule has 166 valence electrons. The summed E-state index contributed by atoms with van der Waals surface area (Å²) in [5.74, 6) is 0.469. The maximum Gasteiger partial charge on any atom is 0.229 e. The topological polar surface area (TPSA) is 162 Å². The first-order chi connectivity index (χ1) is 14.8. The van der Waals surface area contributed by atoms with E-state index in [1.807, 2.05) is 0 Å². The fourth-order valence-electron chi connectivity index (χ4n) is 3.45. The van der Waals surface area contributed by atoms with E-state index in [1.54, 1.807) is 12.1 Å². The minimum absolute atomic E-state index is 0.0835. The van der Waals surface area contributed by atoms with Crippen molar-refractivity contribution in [3.05, 3.63) is 36.4 Å². The van der Waals surface area contributed by atoms with Gasteiger partial charge in [-0.2, -0.15) is 0 Å². The van der Waals surface area contributed by atoms with E-state index in [9.17, 15) is 30.6 Å². The number of fused-ring (bicyclic) bond motifs is 1. The first-order valence-corrected chi connectivity index (χ1v) is 9.43. The highest BCUT2D eigenvalue weighted by molar-refractivity contribution is 5.86. The molecule has 1 saturated heterocycles. The van der Waals surface area contributed by atoms with Crippen LogP contribution in [0, 0.1) is 0 Å². The Kier molecular flexibility index (Phi) is 5.65. The molecule has 3 aromatic rings. The number of aliphatic hydroxyl groups excluding tert-OH is 4. The van der Waals surface area contributed by atoms with Gasteiger partial charge in [0, 0.05) is 23.1 Å². The minimum atomic E-state index is -1.59. The SMILES string of the molecule is COc1cc2cc(-c3cc(O)cc(O[C@H]4O[C@H](CO)[C@H](O)[C@@H](O)[C@H]4O)c3)oc2cc1O. The number of furan rings is 1. The van der Waals surface area contributed by atoms with E-state index >= 15 is 0 Å². The number of aliphatic hydroxyl groups is 4. The molecule has 6 N–H and O–H groups in total. The van der Waals surface area contributed by atoms with E-state index in [2.05, 4.69) is 0 Å². The molecule has 1 aromatic heterocycles. The van der Waals surface area contributed by atoms with Crippen LogP contribution in [0.25, 0.3) is 22.3 Å². The molecule has 10 nitrogen and oxygen atoms in total. The second-order valence-corrected chi connectivity index (χ2v) is 7.20. The van der Waals surface area contributed by atoms with Gasteiger partial charge in [-0.3, -0.25) is 0 Å². The third kappa shape index (κ3) is 3.99. The number of rotatable bonds is 5. The van der Waals surface area contributed by atoms with E-state index in [-0.39, 0.29) is 23.0 Å². The zero-order chi connectivity index (χ0) is 22.3. The summed E-state index contributed by atoms with van der Waals surface area (Å²) < 4.78 is 21.7. The van der Waals surface area contributed by atoms with E-state index in [0.29, 0.717) is 22.3 Å². The van der Waals surface area contributed by atoms with Crippen LogP contribution in [-0.2, 0) is 4.74 Å². The van der Waals surface area contributed by atoms with Crippen LogP contribution in [-0.4, -0.2) is 75.1 Å². The van der Waals surface area contributed by atoms with Gasteiger partial charge >= 0.3 is 0 Å². The Hall–Kier alpha value is -3.02. The quantitative estimate of drug-likeness (QED) is 0.337. The van der Waals surface area contributed by atoms with Gasteiger partial charge < -0.3 is 49.3 Å². The number of ether oxygens (including phenoxy) is 3. The maximum absolute atomic E-state index is 10.2. The average molecular weight is 434 g/mol. The molecule has 2 heterocycles. The molecule has 0 bridgehead atoms. The van der Waals surface area contributed by atoms with Crippen molar-refractivity contribution >= 4 is 11.0 Å². The molecule has 1 fully saturated rings. The molecule has 1 aliphatic heterocycles. The number of benzene rings is 2. The van der Waals surface area contributed by atoms with Crippen LogP contribution in [0.1, 0.15) is 0 Å². The Morgan fingerprint density at radius 1 is 0.935 bits per heavy atom. The van der Waals surface area contributed by atoms with Crippen molar-refractivity contribution in [2.75, 3.05) is 13.7 Å². The molecule has 31 heavy (non-hydrogen) atoms. The Bertz CT molecular complexity index is 1080. The van der Waals surface area contributed by atoms with Gasteiger partial charge in [-0.05, 0) is 24.3 Å². The highest BCUT2D eigenvalue weighted by atomic mass is 16.7. The fourth-order valence-corrected chi connectivity index (χ4v) is 3.45. The zero-order valence-corrected chi connectivity index (χ0v) is 16.4. The van der Waals surface area contributed by atoms with Crippen molar-refractivity contribution in [2.45, 2.75) is 30.7 Å². The number of aromatic hydroxyl groups is 2. The smallest absolute Gasteiger partial charge is 0.229 e. The molecular weight excluding hydrogens is 412 g/mol. The standard InChI is InChI=1S/C21H22O10/c1-28-16-5-10-4-14(30-15(10)7-13(16)24)9-2-11(23)6-12(3-9)29-21-20(27)19(26)18(25)17(8-22)31-21/h2-7,17-27H,8H2,1H3/t17-,18+,19-,20-,21+/m1/s1. The monoisotopic (exact) mass is 434 g/mol. The van der Waals surface area contributed by atoms with Crippen LogP contribution in [0.5, 0.6) is 23.0 Å². The summed E-state index contributed by atoms with van der Waals surface area (Å²) in [5, 5.41) is 60.0. The number of hydrogen-bond acceptors (Lipinski definition) is 10. The largest absolute Gasteiger partial charge is 0.508 e. The predicted molar refractivity (Wildman–Crippen MR) is 106 cm³/mol. The van der Waals surface area contributed by atoms with Crippen LogP contribution >= 0.6 is 0 Å². The van der Waals surface area contributed by atoms with Crippen molar-refractivity contribution in [1.29, 1.82) is 0 Å². The van der Waals surface area contributed by atoms with Gasteiger partial charge in [-0.25, -0.2) is 0 Å². The summed E-state index contributed by atoms with van der Waals surface area (Å²) in [7, 11) is 1.43. The first-order valence-electron chi connectivity index (χ1n) is 9.43. The van der Waals surface area contributed by atoms with Gasteiger partial charge in [-0.1, -0.05) is 0 Å². The highest BCUT2D eigenvalue weighted by Crippen LogP contribution is 2.38. The molecule has 0 saturated carbocycles. The summed E-state index contributed by atoms with van der Waals surface area (Å²) >= 11 is 0. The Balaban J connectivity index is 1.64. The summed E-state index contributed by atoms with van der Waals surface area (Å²) in [6.45, 7) is -0.592. The summed E-state index contributed by atoms with van der Waals surface area (Å²) in [6, 6.07) is 8.90. The number of phenolic OH excluding ortho intramolecular Hbond substituents is 2. The lowest BCUT2D eigenvalue weighted by Gasteiger charge is -2.39. The zero-order valence-electron chi connectivity index (χ0n) is 16.4. The number of hydrogen-bond donors (Lipinski definition) is 6.